The van der Waals surface area contributed by atoms with Crippen LogP contribution in [0.4, 0.5) is 0 Å². The van der Waals surface area contributed by atoms with Crippen LogP contribution >= 0.6 is 22.6 Å². The lowest BCUT2D eigenvalue weighted by Gasteiger charge is -2.12. The van der Waals surface area contributed by atoms with Gasteiger partial charge < -0.3 is 9.30 Å². The van der Waals surface area contributed by atoms with Crippen molar-refractivity contribution in [3.8, 4) is 5.75 Å². The zero-order valence-corrected chi connectivity index (χ0v) is 12.0. The fourth-order valence-corrected chi connectivity index (χ4v) is 2.60. The van der Waals surface area contributed by atoms with Gasteiger partial charge in [-0.1, -0.05) is 28.7 Å². The largest absolute Gasteiger partial charge is 0.495 e. The van der Waals surface area contributed by atoms with Gasteiger partial charge in [-0.25, -0.2) is 0 Å². The first-order valence-corrected chi connectivity index (χ1v) is 6.93. The van der Waals surface area contributed by atoms with E-state index in [0.717, 1.165) is 27.5 Å². The summed E-state index contributed by atoms with van der Waals surface area (Å²) in [6.07, 6.45) is 0.999. The molecule has 4 heteroatoms. The summed E-state index contributed by atoms with van der Waals surface area (Å²) in [7, 11) is 3.41. The minimum absolute atomic E-state index is 0.0116. The average molecular weight is 343 g/mol. The first-order chi connectivity index (χ1) is 8.19. The molecular weight excluding hydrogens is 329 g/mol. The summed E-state index contributed by atoms with van der Waals surface area (Å²) in [4.78, 5) is 11.7. The molecule has 0 N–H and O–H groups in total. The highest BCUT2D eigenvalue weighted by atomic mass is 127. The summed E-state index contributed by atoms with van der Waals surface area (Å²) in [5.74, 6) is 0.748. The van der Waals surface area contributed by atoms with E-state index in [1.807, 2.05) is 12.1 Å². The van der Waals surface area contributed by atoms with Crippen molar-refractivity contribution in [3.63, 3.8) is 0 Å². The number of rotatable bonds is 3. The van der Waals surface area contributed by atoms with E-state index < -0.39 is 0 Å². The van der Waals surface area contributed by atoms with Crippen LogP contribution in [0.2, 0.25) is 0 Å². The third kappa shape index (κ3) is 2.18. The van der Waals surface area contributed by atoms with E-state index in [9.17, 15) is 4.79 Å². The van der Waals surface area contributed by atoms with E-state index in [2.05, 4.69) is 28.7 Å². The highest BCUT2D eigenvalue weighted by Gasteiger charge is 2.09. The second kappa shape index (κ2) is 5.08. The Morgan fingerprint density at radius 3 is 2.71 bits per heavy atom. The van der Waals surface area contributed by atoms with E-state index in [1.165, 1.54) is 5.56 Å². The number of aryl methyl sites for hydroxylation is 2. The number of hydrogen-bond donors (Lipinski definition) is 0. The molecule has 0 saturated heterocycles. The van der Waals surface area contributed by atoms with Gasteiger partial charge in [0.25, 0.3) is 5.56 Å². The standard InChI is InChI=1S/C13H14INO2/c1-15-12(16)6-4-10-9(7-8-14)3-5-11(17-2)13(10)15/h3-6H,7-8H2,1-2H3. The lowest BCUT2D eigenvalue weighted by Crippen LogP contribution is -2.16. The van der Waals surface area contributed by atoms with Gasteiger partial charge in [0.05, 0.1) is 12.6 Å². The van der Waals surface area contributed by atoms with Crippen LogP contribution in [0.3, 0.4) is 0 Å². The molecule has 0 aliphatic carbocycles. The lowest BCUT2D eigenvalue weighted by molar-refractivity contribution is 0.417. The molecule has 3 nitrogen and oxygen atoms in total. The quantitative estimate of drug-likeness (QED) is 0.634. The van der Waals surface area contributed by atoms with Gasteiger partial charge in [-0.15, -0.1) is 0 Å². The molecule has 0 unspecified atom stereocenters. The van der Waals surface area contributed by atoms with Gasteiger partial charge >= 0.3 is 0 Å². The van der Waals surface area contributed by atoms with Crippen LogP contribution in [0.1, 0.15) is 5.56 Å². The molecule has 0 amide bonds. The Morgan fingerprint density at radius 1 is 1.29 bits per heavy atom. The Balaban J connectivity index is 2.85. The average Bonchev–Trinajstić information content (AvgIpc) is 2.34. The molecule has 2 aromatic rings. The maximum absolute atomic E-state index is 11.7. The van der Waals surface area contributed by atoms with Crippen molar-refractivity contribution >= 4 is 33.5 Å². The smallest absolute Gasteiger partial charge is 0.250 e. The third-order valence-corrected chi connectivity index (χ3v) is 3.45. The van der Waals surface area contributed by atoms with Crippen molar-refractivity contribution in [3.05, 3.63) is 40.2 Å². The monoisotopic (exact) mass is 343 g/mol. The minimum Gasteiger partial charge on any atom is -0.495 e. The Morgan fingerprint density at radius 2 is 2.06 bits per heavy atom. The number of aromatic nitrogens is 1. The number of alkyl halides is 1. The van der Waals surface area contributed by atoms with E-state index in [0.29, 0.717) is 0 Å². The number of fused-ring (bicyclic) bond motifs is 1. The van der Waals surface area contributed by atoms with Gasteiger partial charge in [0.15, 0.2) is 0 Å². The zero-order valence-electron chi connectivity index (χ0n) is 9.87. The van der Waals surface area contributed by atoms with E-state index in [1.54, 1.807) is 24.8 Å². The Labute approximate surface area is 114 Å². The molecule has 0 spiro atoms. The normalized spacial score (nSPS) is 10.8. The van der Waals surface area contributed by atoms with Crippen LogP contribution in [0.25, 0.3) is 10.9 Å². The SMILES string of the molecule is COc1ccc(CCI)c2ccc(=O)n(C)c12. The summed E-state index contributed by atoms with van der Waals surface area (Å²) in [5.41, 5.74) is 2.12. The van der Waals surface area contributed by atoms with Gasteiger partial charge in [-0.2, -0.15) is 0 Å². The van der Waals surface area contributed by atoms with Crippen LogP contribution in [-0.2, 0) is 13.5 Å². The first-order valence-electron chi connectivity index (χ1n) is 5.40. The number of halogens is 1. The molecule has 90 valence electrons. The molecule has 0 radical (unpaired) electrons. The van der Waals surface area contributed by atoms with Crippen LogP contribution in [0.5, 0.6) is 5.75 Å². The van der Waals surface area contributed by atoms with Crippen molar-refractivity contribution in [1.82, 2.24) is 4.57 Å². The van der Waals surface area contributed by atoms with E-state index in [-0.39, 0.29) is 5.56 Å². The summed E-state index contributed by atoms with van der Waals surface area (Å²) < 4.78 is 8.04. The molecule has 0 aliphatic heterocycles. The molecule has 1 aromatic carbocycles. The molecule has 2 rings (SSSR count). The van der Waals surface area contributed by atoms with Crippen molar-refractivity contribution in [2.24, 2.45) is 7.05 Å². The van der Waals surface area contributed by atoms with Gasteiger partial charge in [0.2, 0.25) is 0 Å². The van der Waals surface area contributed by atoms with Gasteiger partial charge in [0.1, 0.15) is 5.75 Å². The molecule has 17 heavy (non-hydrogen) atoms. The molecule has 0 bridgehead atoms. The topological polar surface area (TPSA) is 31.2 Å². The van der Waals surface area contributed by atoms with Crippen LogP contribution in [0, 0.1) is 0 Å². The summed E-state index contributed by atoms with van der Waals surface area (Å²) in [6, 6.07) is 7.51. The maximum atomic E-state index is 11.7. The van der Waals surface area contributed by atoms with Crippen LogP contribution in [0.15, 0.2) is 29.1 Å². The second-order valence-electron chi connectivity index (χ2n) is 3.86. The predicted octanol–water partition coefficient (Wildman–Crippen LogP) is 2.52. The second-order valence-corrected chi connectivity index (χ2v) is 4.94. The van der Waals surface area contributed by atoms with Crippen molar-refractivity contribution < 1.29 is 4.74 Å². The summed E-state index contributed by atoms with van der Waals surface area (Å²) in [5, 5.41) is 1.10. The summed E-state index contributed by atoms with van der Waals surface area (Å²) >= 11 is 2.36. The van der Waals surface area contributed by atoms with Crippen molar-refractivity contribution in [2.45, 2.75) is 6.42 Å². The summed E-state index contributed by atoms with van der Waals surface area (Å²) in [6.45, 7) is 0. The highest BCUT2D eigenvalue weighted by molar-refractivity contribution is 14.1. The molecule has 0 aliphatic rings. The molecular formula is C13H14INO2. The molecule has 1 aromatic heterocycles. The Hall–Kier alpha value is -1.04. The zero-order chi connectivity index (χ0) is 12.4. The van der Waals surface area contributed by atoms with Crippen molar-refractivity contribution in [2.75, 3.05) is 11.5 Å². The number of methoxy groups -OCH3 is 1. The van der Waals surface area contributed by atoms with E-state index >= 15 is 0 Å². The fourth-order valence-electron chi connectivity index (χ4n) is 2.02. The Bertz CT molecular complexity index is 604. The van der Waals surface area contributed by atoms with Crippen LogP contribution < -0.4 is 10.3 Å². The number of benzene rings is 1. The van der Waals surface area contributed by atoms with Crippen molar-refractivity contribution in [1.29, 1.82) is 0 Å². The van der Waals surface area contributed by atoms with Crippen LogP contribution in [-0.4, -0.2) is 16.1 Å². The lowest BCUT2D eigenvalue weighted by atomic mass is 10.1. The fraction of sp³-hybridized carbons (Fsp3) is 0.308. The van der Waals surface area contributed by atoms with E-state index in [4.69, 9.17) is 4.74 Å². The molecule has 1 heterocycles. The maximum Gasteiger partial charge on any atom is 0.250 e. The Kier molecular flexibility index (Phi) is 3.71. The highest BCUT2D eigenvalue weighted by Crippen LogP contribution is 2.27. The number of ether oxygens (including phenoxy) is 1. The van der Waals surface area contributed by atoms with Gasteiger partial charge in [-0.3, -0.25) is 4.79 Å². The number of nitrogens with zero attached hydrogens (tertiary/aromatic N) is 1. The molecule has 0 atom stereocenters. The van der Waals surface area contributed by atoms with Gasteiger partial charge in [-0.05, 0) is 24.1 Å². The molecule has 0 saturated carbocycles. The minimum atomic E-state index is -0.0116. The molecule has 0 fully saturated rings. The number of pyridine rings is 1. The third-order valence-electron chi connectivity index (χ3n) is 2.91. The van der Waals surface area contributed by atoms with Gasteiger partial charge in [0, 0.05) is 22.9 Å². The number of hydrogen-bond acceptors (Lipinski definition) is 2. The first kappa shape index (κ1) is 12.4. The predicted molar refractivity (Wildman–Crippen MR) is 78.3 cm³/mol.